The summed E-state index contributed by atoms with van der Waals surface area (Å²) in [6, 6.07) is 12.8. The van der Waals surface area contributed by atoms with Crippen LogP contribution in [0.2, 0.25) is 0 Å². The van der Waals surface area contributed by atoms with E-state index >= 15 is 0 Å². The van der Waals surface area contributed by atoms with Gasteiger partial charge in [-0.25, -0.2) is 0 Å². The summed E-state index contributed by atoms with van der Waals surface area (Å²) in [5.74, 6) is -0.0823. The minimum absolute atomic E-state index is 0.0823. The van der Waals surface area contributed by atoms with E-state index in [1.807, 2.05) is 41.8 Å². The number of nitrogens with one attached hydrogen (secondary N) is 1. The Bertz CT molecular complexity index is 702. The number of carbonyl (C=O) groups excluding carboxylic acids is 1. The van der Waals surface area contributed by atoms with Crippen LogP contribution in [-0.2, 0) is 11.3 Å². The Hall–Kier alpha value is -1.91. The fourth-order valence-electron chi connectivity index (χ4n) is 3.42. The molecule has 1 amide bonds. The first kappa shape index (κ1) is 17.9. The number of amides is 1. The smallest absolute Gasteiger partial charge is 0.248 e. The number of hydrogen-bond donors (Lipinski definition) is 1. The molecule has 1 fully saturated rings. The molecule has 4 heteroatoms. The Morgan fingerprint density at radius 2 is 2.00 bits per heavy atom. The first-order valence-corrected chi connectivity index (χ1v) is 9.91. The maximum Gasteiger partial charge on any atom is 0.248 e. The second kappa shape index (κ2) is 8.97. The van der Waals surface area contributed by atoms with Gasteiger partial charge in [0.1, 0.15) is 0 Å². The Balaban J connectivity index is 1.62. The highest BCUT2D eigenvalue weighted by Crippen LogP contribution is 2.25. The van der Waals surface area contributed by atoms with Crippen molar-refractivity contribution in [1.29, 1.82) is 0 Å². The molecule has 3 nitrogen and oxygen atoms in total. The molecule has 1 heterocycles. The first-order chi connectivity index (χ1) is 12.2. The third-order valence-electron chi connectivity index (χ3n) is 4.84. The van der Waals surface area contributed by atoms with Crippen LogP contribution in [0.1, 0.15) is 42.5 Å². The number of benzene rings is 1. The lowest BCUT2D eigenvalue weighted by Crippen LogP contribution is -2.33. The van der Waals surface area contributed by atoms with Crippen LogP contribution in [0, 0.1) is 0 Å². The van der Waals surface area contributed by atoms with Gasteiger partial charge in [-0.1, -0.05) is 43.5 Å². The SMILES string of the molecule is CN(Cc1ccccc1NC(=O)/C=C/c1cccs1)C1CCCCC1. The zero-order valence-electron chi connectivity index (χ0n) is 14.8. The van der Waals surface area contributed by atoms with Gasteiger partial charge in [-0.05, 0) is 49.0 Å². The van der Waals surface area contributed by atoms with Crippen molar-refractivity contribution < 1.29 is 4.79 Å². The van der Waals surface area contributed by atoms with Crippen molar-refractivity contribution >= 4 is 29.0 Å². The van der Waals surface area contributed by atoms with Crippen LogP contribution in [0.4, 0.5) is 5.69 Å². The summed E-state index contributed by atoms with van der Waals surface area (Å²) in [5.41, 5.74) is 2.08. The van der Waals surface area contributed by atoms with E-state index in [-0.39, 0.29) is 5.91 Å². The Morgan fingerprint density at radius 3 is 2.76 bits per heavy atom. The van der Waals surface area contributed by atoms with E-state index in [9.17, 15) is 4.79 Å². The Kier molecular flexibility index (Phi) is 6.42. The molecule has 1 aromatic carbocycles. The highest BCUT2D eigenvalue weighted by molar-refractivity contribution is 7.10. The van der Waals surface area contributed by atoms with E-state index in [1.54, 1.807) is 17.4 Å². The van der Waals surface area contributed by atoms with Crippen molar-refractivity contribution in [2.24, 2.45) is 0 Å². The zero-order valence-corrected chi connectivity index (χ0v) is 15.6. The lowest BCUT2D eigenvalue weighted by Gasteiger charge is -2.31. The third kappa shape index (κ3) is 5.28. The number of carbonyl (C=O) groups is 1. The number of nitrogens with zero attached hydrogens (tertiary/aromatic N) is 1. The van der Waals surface area contributed by atoms with Crippen LogP contribution in [0.3, 0.4) is 0 Å². The molecule has 0 bridgehead atoms. The predicted molar refractivity (Wildman–Crippen MR) is 107 cm³/mol. The summed E-state index contributed by atoms with van der Waals surface area (Å²) >= 11 is 1.63. The second-order valence-electron chi connectivity index (χ2n) is 6.70. The summed E-state index contributed by atoms with van der Waals surface area (Å²) in [6.07, 6.45) is 10.1. The number of para-hydroxylation sites is 1. The highest BCUT2D eigenvalue weighted by Gasteiger charge is 2.18. The molecule has 1 N–H and O–H groups in total. The number of hydrogen-bond acceptors (Lipinski definition) is 3. The second-order valence-corrected chi connectivity index (χ2v) is 7.68. The summed E-state index contributed by atoms with van der Waals surface area (Å²) in [5, 5.41) is 5.04. The molecule has 0 atom stereocenters. The molecule has 0 aliphatic heterocycles. The number of thiophene rings is 1. The van der Waals surface area contributed by atoms with E-state index in [0.717, 1.165) is 17.1 Å². The van der Waals surface area contributed by atoms with E-state index in [4.69, 9.17) is 0 Å². The largest absolute Gasteiger partial charge is 0.322 e. The molecular formula is C21H26N2OS. The van der Waals surface area contributed by atoms with Crippen molar-refractivity contribution in [3.63, 3.8) is 0 Å². The van der Waals surface area contributed by atoms with Crippen molar-refractivity contribution in [2.45, 2.75) is 44.7 Å². The molecule has 0 saturated heterocycles. The number of anilines is 1. The molecule has 1 aromatic heterocycles. The predicted octanol–water partition coefficient (Wildman–Crippen LogP) is 5.16. The fraction of sp³-hybridized carbons (Fsp3) is 0.381. The lowest BCUT2D eigenvalue weighted by molar-refractivity contribution is -0.111. The van der Waals surface area contributed by atoms with Gasteiger partial charge in [-0.3, -0.25) is 9.69 Å². The van der Waals surface area contributed by atoms with Crippen molar-refractivity contribution in [3.8, 4) is 0 Å². The van der Waals surface area contributed by atoms with Gasteiger partial charge in [-0.2, -0.15) is 0 Å². The Labute approximate surface area is 154 Å². The van der Waals surface area contributed by atoms with Gasteiger partial charge in [-0.15, -0.1) is 11.3 Å². The Morgan fingerprint density at radius 1 is 1.20 bits per heavy atom. The van der Waals surface area contributed by atoms with Crippen LogP contribution >= 0.6 is 11.3 Å². The van der Waals surface area contributed by atoms with Crippen LogP contribution in [-0.4, -0.2) is 23.9 Å². The average Bonchev–Trinajstić information content (AvgIpc) is 3.16. The molecule has 0 radical (unpaired) electrons. The highest BCUT2D eigenvalue weighted by atomic mass is 32.1. The van der Waals surface area contributed by atoms with Gasteiger partial charge >= 0.3 is 0 Å². The van der Waals surface area contributed by atoms with E-state index < -0.39 is 0 Å². The molecule has 1 saturated carbocycles. The van der Waals surface area contributed by atoms with Gasteiger partial charge in [0.2, 0.25) is 5.91 Å². The van der Waals surface area contributed by atoms with E-state index in [1.165, 1.54) is 37.7 Å². The molecule has 1 aliphatic carbocycles. The maximum atomic E-state index is 12.2. The van der Waals surface area contributed by atoms with Gasteiger partial charge < -0.3 is 5.32 Å². The normalized spacial score (nSPS) is 15.8. The van der Waals surface area contributed by atoms with Crippen molar-refractivity contribution in [3.05, 3.63) is 58.3 Å². The van der Waals surface area contributed by atoms with Crippen molar-refractivity contribution in [1.82, 2.24) is 4.90 Å². The van der Waals surface area contributed by atoms with Gasteiger partial charge in [0.15, 0.2) is 0 Å². The zero-order chi connectivity index (χ0) is 17.5. The summed E-state index contributed by atoms with van der Waals surface area (Å²) in [4.78, 5) is 15.8. The fourth-order valence-corrected chi connectivity index (χ4v) is 4.04. The van der Waals surface area contributed by atoms with Crippen LogP contribution in [0.15, 0.2) is 47.9 Å². The molecule has 0 spiro atoms. The molecule has 3 rings (SSSR count). The van der Waals surface area contributed by atoms with Crippen LogP contribution in [0.5, 0.6) is 0 Å². The third-order valence-corrected chi connectivity index (χ3v) is 5.67. The molecular weight excluding hydrogens is 328 g/mol. The maximum absolute atomic E-state index is 12.2. The minimum atomic E-state index is -0.0823. The average molecular weight is 355 g/mol. The minimum Gasteiger partial charge on any atom is -0.322 e. The quantitative estimate of drug-likeness (QED) is 0.726. The lowest BCUT2D eigenvalue weighted by atomic mass is 9.94. The van der Waals surface area contributed by atoms with Crippen LogP contribution < -0.4 is 5.32 Å². The summed E-state index contributed by atoms with van der Waals surface area (Å²) in [6.45, 7) is 0.871. The van der Waals surface area contributed by atoms with Gasteiger partial charge in [0, 0.05) is 29.2 Å². The standard InChI is InChI=1S/C21H26N2OS/c1-23(18-9-3-2-4-10-18)16-17-8-5-6-12-20(17)22-21(24)14-13-19-11-7-15-25-19/h5-8,11-15,18H,2-4,9-10,16H2,1H3,(H,22,24)/b14-13+. The van der Waals surface area contributed by atoms with Gasteiger partial charge in [0.05, 0.1) is 0 Å². The molecule has 132 valence electrons. The molecule has 2 aromatic rings. The molecule has 0 unspecified atom stereocenters. The van der Waals surface area contributed by atoms with E-state index in [2.05, 4.69) is 23.3 Å². The van der Waals surface area contributed by atoms with Gasteiger partial charge in [0.25, 0.3) is 0 Å². The molecule has 25 heavy (non-hydrogen) atoms. The van der Waals surface area contributed by atoms with E-state index in [0.29, 0.717) is 6.04 Å². The topological polar surface area (TPSA) is 32.3 Å². The van der Waals surface area contributed by atoms with Crippen LogP contribution in [0.25, 0.3) is 6.08 Å². The van der Waals surface area contributed by atoms with Crippen molar-refractivity contribution in [2.75, 3.05) is 12.4 Å². The summed E-state index contributed by atoms with van der Waals surface area (Å²) in [7, 11) is 2.20. The number of rotatable bonds is 6. The summed E-state index contributed by atoms with van der Waals surface area (Å²) < 4.78 is 0. The first-order valence-electron chi connectivity index (χ1n) is 9.03. The molecule has 1 aliphatic rings. The monoisotopic (exact) mass is 354 g/mol.